The van der Waals surface area contributed by atoms with Gasteiger partial charge < -0.3 is 15.7 Å². The van der Waals surface area contributed by atoms with Gasteiger partial charge in [-0.15, -0.1) is 0 Å². The molecule has 0 bridgehead atoms. The molecule has 1 aromatic heterocycles. The van der Waals surface area contributed by atoms with Gasteiger partial charge in [0.05, 0.1) is 5.69 Å². The molecule has 4 heteroatoms. The van der Waals surface area contributed by atoms with Gasteiger partial charge in [-0.3, -0.25) is 0 Å². The van der Waals surface area contributed by atoms with Crippen LogP contribution in [0.15, 0.2) is 18.3 Å². The van der Waals surface area contributed by atoms with Gasteiger partial charge in [-0.05, 0) is 37.3 Å². The molecule has 0 aliphatic carbocycles. The van der Waals surface area contributed by atoms with E-state index in [1.807, 2.05) is 12.1 Å². The Hall–Kier alpha value is -1.29. The number of anilines is 2. The molecule has 0 spiro atoms. The molecule has 2 rings (SSSR count). The highest BCUT2D eigenvalue weighted by molar-refractivity contribution is 5.62. The van der Waals surface area contributed by atoms with Crippen molar-refractivity contribution in [1.82, 2.24) is 4.98 Å². The van der Waals surface area contributed by atoms with Gasteiger partial charge in [0.15, 0.2) is 5.82 Å². The van der Waals surface area contributed by atoms with E-state index in [0.29, 0.717) is 12.5 Å². The molecule has 88 valence electrons. The number of rotatable bonds is 3. The van der Waals surface area contributed by atoms with E-state index in [1.54, 1.807) is 6.20 Å². The van der Waals surface area contributed by atoms with E-state index < -0.39 is 0 Å². The number of aliphatic hydroxyl groups is 1. The standard InChI is InChI=1S/C12H19N3O/c13-11-2-1-6-14-12(11)15-7-3-10(4-8-15)5-9-16/h1-2,6,10,16H,3-5,7-9,13H2. The molecular weight excluding hydrogens is 202 g/mol. The fourth-order valence-corrected chi connectivity index (χ4v) is 2.29. The van der Waals surface area contributed by atoms with Crippen molar-refractivity contribution in [2.75, 3.05) is 30.3 Å². The Bertz CT molecular complexity index is 335. The van der Waals surface area contributed by atoms with Crippen molar-refractivity contribution in [1.29, 1.82) is 0 Å². The summed E-state index contributed by atoms with van der Waals surface area (Å²) in [7, 11) is 0. The minimum Gasteiger partial charge on any atom is -0.396 e. The number of nitrogens with zero attached hydrogens (tertiary/aromatic N) is 2. The van der Waals surface area contributed by atoms with Crippen LogP contribution in [0.25, 0.3) is 0 Å². The Kier molecular flexibility index (Phi) is 3.62. The molecule has 3 N–H and O–H groups in total. The molecule has 1 saturated heterocycles. The lowest BCUT2D eigenvalue weighted by Crippen LogP contribution is -2.34. The number of pyridine rings is 1. The van der Waals surface area contributed by atoms with Crippen LogP contribution in [0.1, 0.15) is 19.3 Å². The van der Waals surface area contributed by atoms with E-state index in [9.17, 15) is 0 Å². The van der Waals surface area contributed by atoms with Gasteiger partial charge in [-0.1, -0.05) is 0 Å². The molecule has 0 aromatic carbocycles. The lowest BCUT2D eigenvalue weighted by Gasteiger charge is -2.33. The maximum Gasteiger partial charge on any atom is 0.151 e. The molecule has 1 fully saturated rings. The number of hydrogen-bond acceptors (Lipinski definition) is 4. The number of nitrogens with two attached hydrogens (primary N) is 1. The van der Waals surface area contributed by atoms with Crippen LogP contribution in [0.3, 0.4) is 0 Å². The zero-order chi connectivity index (χ0) is 11.4. The van der Waals surface area contributed by atoms with Crippen molar-refractivity contribution < 1.29 is 5.11 Å². The molecule has 2 heterocycles. The second-order valence-corrected chi connectivity index (χ2v) is 4.36. The van der Waals surface area contributed by atoms with E-state index in [-0.39, 0.29) is 0 Å². The summed E-state index contributed by atoms with van der Waals surface area (Å²) in [6.45, 7) is 2.29. The number of nitrogen functional groups attached to an aromatic ring is 1. The van der Waals surface area contributed by atoms with E-state index in [2.05, 4.69) is 9.88 Å². The molecule has 4 nitrogen and oxygen atoms in total. The predicted octanol–water partition coefficient (Wildman–Crippen LogP) is 1.26. The van der Waals surface area contributed by atoms with Gasteiger partial charge in [-0.2, -0.15) is 0 Å². The quantitative estimate of drug-likeness (QED) is 0.806. The van der Waals surface area contributed by atoms with Gasteiger partial charge in [0.25, 0.3) is 0 Å². The monoisotopic (exact) mass is 221 g/mol. The smallest absolute Gasteiger partial charge is 0.151 e. The number of hydrogen-bond donors (Lipinski definition) is 2. The Morgan fingerprint density at radius 1 is 1.44 bits per heavy atom. The molecule has 0 amide bonds. The Morgan fingerprint density at radius 3 is 2.81 bits per heavy atom. The number of aliphatic hydroxyl groups excluding tert-OH is 1. The van der Waals surface area contributed by atoms with Crippen LogP contribution in [0, 0.1) is 5.92 Å². The SMILES string of the molecule is Nc1cccnc1N1CCC(CCO)CC1. The fourth-order valence-electron chi connectivity index (χ4n) is 2.29. The first-order valence-corrected chi connectivity index (χ1v) is 5.87. The average Bonchev–Trinajstić information content (AvgIpc) is 2.31. The normalized spacial score (nSPS) is 17.7. The fraction of sp³-hybridized carbons (Fsp3) is 0.583. The maximum atomic E-state index is 8.90. The van der Waals surface area contributed by atoms with Crippen LogP contribution >= 0.6 is 0 Å². The lowest BCUT2D eigenvalue weighted by molar-refractivity contribution is 0.240. The number of aromatic nitrogens is 1. The highest BCUT2D eigenvalue weighted by Gasteiger charge is 2.20. The zero-order valence-corrected chi connectivity index (χ0v) is 9.47. The van der Waals surface area contributed by atoms with Crippen LogP contribution < -0.4 is 10.6 Å². The van der Waals surface area contributed by atoms with Crippen molar-refractivity contribution in [2.24, 2.45) is 5.92 Å². The summed E-state index contributed by atoms with van der Waals surface area (Å²) >= 11 is 0. The van der Waals surface area contributed by atoms with Crippen LogP contribution in [0.4, 0.5) is 11.5 Å². The van der Waals surface area contributed by atoms with Crippen molar-refractivity contribution in [3.63, 3.8) is 0 Å². The third kappa shape index (κ3) is 2.44. The topological polar surface area (TPSA) is 62.4 Å². The zero-order valence-electron chi connectivity index (χ0n) is 9.47. The summed E-state index contributed by atoms with van der Waals surface area (Å²) in [6, 6.07) is 3.75. The first-order valence-electron chi connectivity index (χ1n) is 5.87. The molecule has 0 atom stereocenters. The van der Waals surface area contributed by atoms with Crippen molar-refractivity contribution in [3.05, 3.63) is 18.3 Å². The third-order valence-electron chi connectivity index (χ3n) is 3.27. The molecule has 0 unspecified atom stereocenters. The summed E-state index contributed by atoms with van der Waals surface area (Å²) in [5, 5.41) is 8.90. The largest absolute Gasteiger partial charge is 0.396 e. The Morgan fingerprint density at radius 2 is 2.19 bits per heavy atom. The van der Waals surface area contributed by atoms with Gasteiger partial charge >= 0.3 is 0 Å². The molecular formula is C12H19N3O. The Balaban J connectivity index is 1.96. The summed E-state index contributed by atoms with van der Waals surface area (Å²) in [4.78, 5) is 6.56. The molecule has 1 aromatic rings. The summed E-state index contributed by atoms with van der Waals surface area (Å²) in [5.74, 6) is 1.57. The maximum absolute atomic E-state index is 8.90. The highest BCUT2D eigenvalue weighted by Crippen LogP contribution is 2.26. The molecule has 0 radical (unpaired) electrons. The minimum atomic E-state index is 0.302. The lowest BCUT2D eigenvalue weighted by atomic mass is 9.94. The van der Waals surface area contributed by atoms with Crippen LogP contribution in [-0.2, 0) is 0 Å². The summed E-state index contributed by atoms with van der Waals surface area (Å²) in [6.07, 6.45) is 4.95. The van der Waals surface area contributed by atoms with E-state index in [4.69, 9.17) is 10.8 Å². The van der Waals surface area contributed by atoms with Crippen LogP contribution in [-0.4, -0.2) is 29.8 Å². The molecule has 16 heavy (non-hydrogen) atoms. The molecule has 0 saturated carbocycles. The van der Waals surface area contributed by atoms with E-state index >= 15 is 0 Å². The van der Waals surface area contributed by atoms with Crippen LogP contribution in [0.2, 0.25) is 0 Å². The van der Waals surface area contributed by atoms with Gasteiger partial charge in [0.1, 0.15) is 0 Å². The summed E-state index contributed by atoms with van der Waals surface area (Å²) in [5.41, 5.74) is 6.65. The second-order valence-electron chi connectivity index (χ2n) is 4.36. The predicted molar refractivity (Wildman–Crippen MR) is 65.3 cm³/mol. The summed E-state index contributed by atoms with van der Waals surface area (Å²) < 4.78 is 0. The first-order chi connectivity index (χ1) is 7.81. The molecule has 1 aliphatic rings. The minimum absolute atomic E-state index is 0.302. The average molecular weight is 221 g/mol. The highest BCUT2D eigenvalue weighted by atomic mass is 16.3. The van der Waals surface area contributed by atoms with Crippen molar-refractivity contribution >= 4 is 11.5 Å². The third-order valence-corrected chi connectivity index (χ3v) is 3.27. The van der Waals surface area contributed by atoms with E-state index in [1.165, 1.54) is 0 Å². The second kappa shape index (κ2) is 5.16. The van der Waals surface area contributed by atoms with Gasteiger partial charge in [-0.25, -0.2) is 4.98 Å². The first kappa shape index (κ1) is 11.2. The van der Waals surface area contributed by atoms with Gasteiger partial charge in [0.2, 0.25) is 0 Å². The number of piperidine rings is 1. The van der Waals surface area contributed by atoms with Crippen molar-refractivity contribution in [3.8, 4) is 0 Å². The molecule has 1 aliphatic heterocycles. The van der Waals surface area contributed by atoms with E-state index in [0.717, 1.165) is 43.9 Å². The Labute approximate surface area is 96.1 Å². The van der Waals surface area contributed by atoms with Crippen LogP contribution in [0.5, 0.6) is 0 Å². The van der Waals surface area contributed by atoms with Gasteiger partial charge in [0, 0.05) is 25.9 Å². The van der Waals surface area contributed by atoms with Crippen molar-refractivity contribution in [2.45, 2.75) is 19.3 Å².